The molecule has 2 aromatic carbocycles. The molecule has 0 atom stereocenters. The number of aliphatic hydroxyl groups excluding tert-OH is 1. The van der Waals surface area contributed by atoms with E-state index in [9.17, 15) is 9.50 Å². The second-order valence-corrected chi connectivity index (χ2v) is 6.80. The summed E-state index contributed by atoms with van der Waals surface area (Å²) >= 11 is 1.58. The van der Waals surface area contributed by atoms with Crippen molar-refractivity contribution in [3.05, 3.63) is 77.4 Å². The molecular weight excluding hydrogens is 351 g/mol. The van der Waals surface area contributed by atoms with E-state index in [1.807, 2.05) is 28.8 Å². The van der Waals surface area contributed by atoms with Crippen molar-refractivity contribution >= 4 is 11.8 Å². The molecule has 136 valence electrons. The molecule has 0 aliphatic carbocycles. The Morgan fingerprint density at radius 1 is 1.08 bits per heavy atom. The molecule has 0 fully saturated rings. The van der Waals surface area contributed by atoms with Crippen LogP contribution in [0.15, 0.2) is 59.9 Å². The zero-order chi connectivity index (χ0) is 18.4. The number of ether oxygens (including phenoxy) is 1. The number of halogens is 1. The second kappa shape index (κ2) is 8.87. The van der Waals surface area contributed by atoms with Crippen molar-refractivity contribution < 1.29 is 14.2 Å². The molecule has 0 bridgehead atoms. The molecule has 0 spiro atoms. The van der Waals surface area contributed by atoms with E-state index in [-0.39, 0.29) is 12.4 Å². The van der Waals surface area contributed by atoms with Crippen molar-refractivity contribution in [2.45, 2.75) is 30.5 Å². The molecule has 0 saturated heterocycles. The maximum Gasteiger partial charge on any atom is 0.168 e. The quantitative estimate of drug-likeness (QED) is 0.606. The number of hydrogen-bond acceptors (Lipinski definition) is 4. The third-order valence-corrected chi connectivity index (χ3v) is 5.19. The first-order valence-electron chi connectivity index (χ1n) is 8.35. The van der Waals surface area contributed by atoms with Gasteiger partial charge in [0.1, 0.15) is 11.6 Å². The van der Waals surface area contributed by atoms with Crippen LogP contribution in [0.2, 0.25) is 0 Å². The highest BCUT2D eigenvalue weighted by Gasteiger charge is 2.10. The van der Waals surface area contributed by atoms with Crippen LogP contribution in [-0.4, -0.2) is 21.8 Å². The Morgan fingerprint density at radius 2 is 1.77 bits per heavy atom. The van der Waals surface area contributed by atoms with E-state index in [0.29, 0.717) is 5.75 Å². The average Bonchev–Trinajstić information content (AvgIpc) is 3.08. The molecule has 4 nitrogen and oxygen atoms in total. The summed E-state index contributed by atoms with van der Waals surface area (Å²) in [6.45, 7) is 0.681. The van der Waals surface area contributed by atoms with E-state index in [0.717, 1.165) is 35.1 Å². The molecule has 0 radical (unpaired) electrons. The zero-order valence-corrected chi connectivity index (χ0v) is 15.4. The van der Waals surface area contributed by atoms with Gasteiger partial charge in [-0.15, -0.1) is 0 Å². The van der Waals surface area contributed by atoms with Gasteiger partial charge < -0.3 is 14.4 Å². The minimum absolute atomic E-state index is 0.0489. The van der Waals surface area contributed by atoms with Crippen molar-refractivity contribution in [1.29, 1.82) is 0 Å². The highest BCUT2D eigenvalue weighted by molar-refractivity contribution is 7.98. The number of aliphatic hydroxyl groups is 1. The van der Waals surface area contributed by atoms with Gasteiger partial charge >= 0.3 is 0 Å². The van der Waals surface area contributed by atoms with E-state index in [2.05, 4.69) is 4.98 Å². The van der Waals surface area contributed by atoms with Gasteiger partial charge in [-0.05, 0) is 41.8 Å². The van der Waals surface area contributed by atoms with E-state index in [1.54, 1.807) is 37.2 Å². The first kappa shape index (κ1) is 18.5. The van der Waals surface area contributed by atoms with E-state index < -0.39 is 0 Å². The predicted molar refractivity (Wildman–Crippen MR) is 101 cm³/mol. The standard InChI is InChI=1S/C20H21FN2O2S/c1-25-19-8-4-15(5-9-19)10-11-23-18(13-24)12-22-20(23)26-14-16-2-6-17(21)7-3-16/h2-9,12,24H,10-11,13-14H2,1H3. The van der Waals surface area contributed by atoms with Gasteiger partial charge in [0.25, 0.3) is 0 Å². The van der Waals surface area contributed by atoms with Crippen molar-refractivity contribution in [1.82, 2.24) is 9.55 Å². The van der Waals surface area contributed by atoms with Crippen LogP contribution in [0, 0.1) is 5.82 Å². The van der Waals surface area contributed by atoms with Crippen molar-refractivity contribution in [3.8, 4) is 5.75 Å². The Balaban J connectivity index is 1.67. The summed E-state index contributed by atoms with van der Waals surface area (Å²) in [6.07, 6.45) is 2.54. The summed E-state index contributed by atoms with van der Waals surface area (Å²) in [5.74, 6) is 1.30. The smallest absolute Gasteiger partial charge is 0.168 e. The normalized spacial score (nSPS) is 10.9. The molecule has 6 heteroatoms. The maximum atomic E-state index is 13.0. The van der Waals surface area contributed by atoms with Gasteiger partial charge in [-0.1, -0.05) is 36.0 Å². The topological polar surface area (TPSA) is 47.3 Å². The van der Waals surface area contributed by atoms with Crippen molar-refractivity contribution in [3.63, 3.8) is 0 Å². The van der Waals surface area contributed by atoms with Crippen LogP contribution in [0.25, 0.3) is 0 Å². The SMILES string of the molecule is COc1ccc(CCn2c(CO)cnc2SCc2ccc(F)cc2)cc1. The monoisotopic (exact) mass is 372 g/mol. The molecule has 1 aromatic heterocycles. The molecule has 1 heterocycles. The number of hydrogen-bond donors (Lipinski definition) is 1. The molecule has 0 amide bonds. The lowest BCUT2D eigenvalue weighted by molar-refractivity contribution is 0.269. The molecule has 0 saturated carbocycles. The van der Waals surface area contributed by atoms with E-state index in [4.69, 9.17) is 4.74 Å². The van der Waals surface area contributed by atoms with Crippen LogP contribution in [0.3, 0.4) is 0 Å². The first-order valence-corrected chi connectivity index (χ1v) is 9.33. The maximum absolute atomic E-state index is 13.0. The highest BCUT2D eigenvalue weighted by Crippen LogP contribution is 2.24. The molecule has 3 aromatic rings. The highest BCUT2D eigenvalue weighted by atomic mass is 32.2. The molecule has 0 aliphatic rings. The lowest BCUT2D eigenvalue weighted by atomic mass is 10.1. The van der Waals surface area contributed by atoms with Crippen LogP contribution in [-0.2, 0) is 25.3 Å². The summed E-state index contributed by atoms with van der Waals surface area (Å²) < 4.78 is 20.2. The van der Waals surface area contributed by atoms with Crippen LogP contribution in [0.1, 0.15) is 16.8 Å². The predicted octanol–water partition coefficient (Wildman–Crippen LogP) is 4.06. The Hall–Kier alpha value is -2.31. The average molecular weight is 372 g/mol. The van der Waals surface area contributed by atoms with Gasteiger partial charge in [-0.3, -0.25) is 0 Å². The summed E-state index contributed by atoms with van der Waals surface area (Å²) in [7, 11) is 1.65. The lowest BCUT2D eigenvalue weighted by Crippen LogP contribution is -2.07. The number of benzene rings is 2. The molecular formula is C20H21FN2O2S. The Labute approximate surface area is 156 Å². The number of aromatic nitrogens is 2. The van der Waals surface area contributed by atoms with Crippen LogP contribution >= 0.6 is 11.8 Å². The molecule has 1 N–H and O–H groups in total. The fraction of sp³-hybridized carbons (Fsp3) is 0.250. The fourth-order valence-electron chi connectivity index (χ4n) is 2.63. The number of imidazole rings is 1. The van der Waals surface area contributed by atoms with Gasteiger partial charge in [-0.2, -0.15) is 0 Å². The Kier molecular flexibility index (Phi) is 6.30. The Bertz CT molecular complexity index is 832. The molecule has 26 heavy (non-hydrogen) atoms. The third-order valence-electron chi connectivity index (χ3n) is 4.13. The van der Waals surface area contributed by atoms with Gasteiger partial charge in [0, 0.05) is 12.3 Å². The van der Waals surface area contributed by atoms with Crippen LogP contribution in [0.4, 0.5) is 4.39 Å². The molecule has 3 rings (SSSR count). The number of rotatable bonds is 8. The second-order valence-electron chi connectivity index (χ2n) is 5.86. The largest absolute Gasteiger partial charge is 0.497 e. The third kappa shape index (κ3) is 4.65. The minimum Gasteiger partial charge on any atom is -0.497 e. The fourth-order valence-corrected chi connectivity index (χ4v) is 3.61. The van der Waals surface area contributed by atoms with Gasteiger partial charge in [0.2, 0.25) is 0 Å². The minimum atomic E-state index is -0.234. The lowest BCUT2D eigenvalue weighted by Gasteiger charge is -2.11. The van der Waals surface area contributed by atoms with Gasteiger partial charge in [-0.25, -0.2) is 9.37 Å². The molecule has 0 aliphatic heterocycles. The zero-order valence-electron chi connectivity index (χ0n) is 14.6. The summed E-state index contributed by atoms with van der Waals surface area (Å²) in [6, 6.07) is 14.5. The van der Waals surface area contributed by atoms with Gasteiger partial charge in [0.15, 0.2) is 5.16 Å². The first-order chi connectivity index (χ1) is 12.7. The summed E-state index contributed by atoms with van der Waals surface area (Å²) in [5, 5.41) is 10.4. The van der Waals surface area contributed by atoms with Crippen molar-refractivity contribution in [2.75, 3.05) is 7.11 Å². The van der Waals surface area contributed by atoms with E-state index >= 15 is 0 Å². The van der Waals surface area contributed by atoms with Gasteiger partial charge in [0.05, 0.1) is 25.6 Å². The van der Waals surface area contributed by atoms with E-state index in [1.165, 1.54) is 17.7 Å². The summed E-state index contributed by atoms with van der Waals surface area (Å²) in [5.41, 5.74) is 3.02. The van der Waals surface area contributed by atoms with Crippen LogP contribution < -0.4 is 4.74 Å². The number of aryl methyl sites for hydroxylation is 1. The van der Waals surface area contributed by atoms with Crippen LogP contribution in [0.5, 0.6) is 5.75 Å². The summed E-state index contributed by atoms with van der Waals surface area (Å²) in [4.78, 5) is 4.43. The number of thioether (sulfide) groups is 1. The number of methoxy groups -OCH3 is 1. The Morgan fingerprint density at radius 3 is 2.42 bits per heavy atom. The van der Waals surface area contributed by atoms with Crippen molar-refractivity contribution in [2.24, 2.45) is 0 Å². The number of nitrogens with zero attached hydrogens (tertiary/aromatic N) is 2. The molecule has 0 unspecified atom stereocenters.